The predicted molar refractivity (Wildman–Crippen MR) is 104 cm³/mol. The number of benzene rings is 1. The van der Waals surface area contributed by atoms with Gasteiger partial charge >= 0.3 is 0 Å². The van der Waals surface area contributed by atoms with Crippen LogP contribution < -0.4 is 0 Å². The lowest BCUT2D eigenvalue weighted by atomic mass is 10.2. The summed E-state index contributed by atoms with van der Waals surface area (Å²) < 4.78 is 30.6. The highest BCUT2D eigenvalue weighted by Gasteiger charge is 2.30. The molecular weight excluding hydrogens is 356 g/mol. The third kappa shape index (κ3) is 5.94. The first-order valence-electron chi connectivity index (χ1n) is 8.59. The minimum atomic E-state index is -3.79. The van der Waals surface area contributed by atoms with Crippen LogP contribution in [0.3, 0.4) is 0 Å². The van der Waals surface area contributed by atoms with Gasteiger partial charge in [0.15, 0.2) is 0 Å². The van der Waals surface area contributed by atoms with Crippen molar-refractivity contribution in [2.75, 3.05) is 25.6 Å². The Morgan fingerprint density at radius 2 is 1.76 bits per heavy atom. The van der Waals surface area contributed by atoms with Crippen molar-refractivity contribution in [3.8, 4) is 0 Å². The summed E-state index contributed by atoms with van der Waals surface area (Å²) in [4.78, 5) is 3.91. The standard InChI is InChI=1S/C18H28N2O3S2/c1-16-8-10-17(11-9-16)25(21,22)23-18-19(2)13-14-20(18)12-6-4-5-7-15-24-3/h8-11,13-14,18H,4-7,12,15H2,1-3H3. The van der Waals surface area contributed by atoms with Crippen molar-refractivity contribution in [2.45, 2.75) is 43.9 Å². The van der Waals surface area contributed by atoms with E-state index in [4.69, 9.17) is 4.18 Å². The van der Waals surface area contributed by atoms with E-state index in [1.165, 1.54) is 18.6 Å². The van der Waals surface area contributed by atoms with E-state index in [-0.39, 0.29) is 4.90 Å². The van der Waals surface area contributed by atoms with Crippen molar-refractivity contribution in [3.63, 3.8) is 0 Å². The maximum Gasteiger partial charge on any atom is 0.300 e. The van der Waals surface area contributed by atoms with E-state index in [0.717, 1.165) is 24.9 Å². The predicted octanol–water partition coefficient (Wildman–Crippen LogP) is 3.63. The second-order valence-corrected chi connectivity index (χ2v) is 8.86. The zero-order valence-corrected chi connectivity index (χ0v) is 16.9. The van der Waals surface area contributed by atoms with E-state index < -0.39 is 16.5 Å². The van der Waals surface area contributed by atoms with Gasteiger partial charge in [0.25, 0.3) is 10.1 Å². The Hall–Kier alpha value is -1.18. The molecule has 140 valence electrons. The van der Waals surface area contributed by atoms with Crippen LogP contribution in [-0.4, -0.2) is 50.2 Å². The van der Waals surface area contributed by atoms with Crippen LogP contribution in [0.2, 0.25) is 0 Å². The fourth-order valence-electron chi connectivity index (χ4n) is 2.65. The second kappa shape index (κ2) is 9.50. The monoisotopic (exact) mass is 384 g/mol. The SMILES string of the molecule is CSCCCCCCN1C=CN(C)C1OS(=O)(=O)c1ccc(C)cc1. The summed E-state index contributed by atoms with van der Waals surface area (Å²) in [5, 5.41) is 0. The maximum atomic E-state index is 12.5. The third-order valence-corrected chi connectivity index (χ3v) is 6.13. The highest BCUT2D eigenvalue weighted by molar-refractivity contribution is 7.98. The van der Waals surface area contributed by atoms with Gasteiger partial charge < -0.3 is 9.80 Å². The molecule has 0 saturated heterocycles. The molecule has 1 aromatic rings. The first-order chi connectivity index (χ1) is 11.9. The number of thioether (sulfide) groups is 1. The van der Waals surface area contributed by atoms with E-state index in [9.17, 15) is 8.42 Å². The molecule has 0 radical (unpaired) electrons. The van der Waals surface area contributed by atoms with E-state index in [1.54, 1.807) is 29.2 Å². The Morgan fingerprint density at radius 1 is 1.08 bits per heavy atom. The van der Waals surface area contributed by atoms with Gasteiger partial charge in [-0.25, -0.2) is 4.18 Å². The molecule has 0 aliphatic carbocycles. The molecule has 5 nitrogen and oxygen atoms in total. The molecule has 1 aliphatic heterocycles. The zero-order valence-electron chi connectivity index (χ0n) is 15.2. The molecule has 0 aromatic heterocycles. The van der Waals surface area contributed by atoms with Gasteiger partial charge in [0, 0.05) is 26.0 Å². The Morgan fingerprint density at radius 3 is 2.44 bits per heavy atom. The van der Waals surface area contributed by atoms with Crippen LogP contribution in [0.1, 0.15) is 31.2 Å². The van der Waals surface area contributed by atoms with Crippen molar-refractivity contribution < 1.29 is 12.6 Å². The summed E-state index contributed by atoms with van der Waals surface area (Å²) >= 11 is 1.88. The molecule has 0 bridgehead atoms. The van der Waals surface area contributed by atoms with Crippen LogP contribution in [-0.2, 0) is 14.3 Å². The van der Waals surface area contributed by atoms with Crippen molar-refractivity contribution in [1.29, 1.82) is 0 Å². The minimum absolute atomic E-state index is 0.190. The third-order valence-electron chi connectivity index (χ3n) is 4.16. The summed E-state index contributed by atoms with van der Waals surface area (Å²) in [5.74, 6) is 1.20. The molecule has 0 saturated carbocycles. The smallest absolute Gasteiger partial charge is 0.300 e. The van der Waals surface area contributed by atoms with Gasteiger partial charge in [-0.1, -0.05) is 30.5 Å². The Labute approximate surface area is 156 Å². The van der Waals surface area contributed by atoms with Gasteiger partial charge in [-0.2, -0.15) is 20.2 Å². The van der Waals surface area contributed by atoms with Gasteiger partial charge in [0.2, 0.25) is 6.35 Å². The number of nitrogens with zero attached hydrogens (tertiary/aromatic N) is 2. The fraction of sp³-hybridized carbons (Fsp3) is 0.556. The van der Waals surface area contributed by atoms with Crippen molar-refractivity contribution in [3.05, 3.63) is 42.2 Å². The highest BCUT2D eigenvalue weighted by Crippen LogP contribution is 2.22. The average Bonchev–Trinajstić information content (AvgIpc) is 2.91. The first kappa shape index (κ1) is 20.1. The van der Waals surface area contributed by atoms with Crippen molar-refractivity contribution >= 4 is 21.9 Å². The second-order valence-electron chi connectivity index (χ2n) is 6.30. The van der Waals surface area contributed by atoms with E-state index in [0.29, 0.717) is 0 Å². The summed E-state index contributed by atoms with van der Waals surface area (Å²) in [6, 6.07) is 6.73. The Bertz CT molecular complexity index is 659. The van der Waals surface area contributed by atoms with E-state index in [1.807, 2.05) is 43.0 Å². The number of hydrogen-bond acceptors (Lipinski definition) is 6. The number of unbranched alkanes of at least 4 members (excludes halogenated alkanes) is 3. The lowest BCUT2D eigenvalue weighted by Crippen LogP contribution is -2.40. The Kier molecular flexibility index (Phi) is 7.65. The zero-order chi connectivity index (χ0) is 18.3. The van der Waals surface area contributed by atoms with Gasteiger partial charge in [-0.15, -0.1) is 0 Å². The lowest BCUT2D eigenvalue weighted by molar-refractivity contribution is -0.00905. The molecular formula is C18H28N2O3S2. The van der Waals surface area contributed by atoms with Crippen LogP contribution in [0.5, 0.6) is 0 Å². The van der Waals surface area contributed by atoms with Gasteiger partial charge in [0.05, 0.1) is 4.90 Å². The molecule has 0 N–H and O–H groups in total. The van der Waals surface area contributed by atoms with Gasteiger partial charge in [0.1, 0.15) is 0 Å². The average molecular weight is 385 g/mol. The van der Waals surface area contributed by atoms with E-state index >= 15 is 0 Å². The molecule has 1 aromatic carbocycles. The topological polar surface area (TPSA) is 49.9 Å². The molecule has 2 rings (SSSR count). The van der Waals surface area contributed by atoms with Gasteiger partial charge in [-0.3, -0.25) is 0 Å². The minimum Gasteiger partial charge on any atom is -0.336 e. The normalized spacial score (nSPS) is 17.5. The van der Waals surface area contributed by atoms with Crippen molar-refractivity contribution in [2.24, 2.45) is 0 Å². The molecule has 25 heavy (non-hydrogen) atoms. The largest absolute Gasteiger partial charge is 0.336 e. The van der Waals surface area contributed by atoms with Crippen LogP contribution >= 0.6 is 11.8 Å². The maximum absolute atomic E-state index is 12.5. The number of hydrogen-bond donors (Lipinski definition) is 0. The summed E-state index contributed by atoms with van der Waals surface area (Å²) in [5.41, 5.74) is 1.02. The molecule has 7 heteroatoms. The molecule has 0 fully saturated rings. The molecule has 1 atom stereocenters. The highest BCUT2D eigenvalue weighted by atomic mass is 32.2. The quantitative estimate of drug-likeness (QED) is 0.454. The van der Waals surface area contributed by atoms with Crippen LogP contribution in [0.15, 0.2) is 41.6 Å². The Balaban J connectivity index is 1.91. The van der Waals surface area contributed by atoms with Crippen LogP contribution in [0.4, 0.5) is 0 Å². The molecule has 1 unspecified atom stereocenters. The van der Waals surface area contributed by atoms with Gasteiger partial charge in [-0.05, 0) is 43.9 Å². The van der Waals surface area contributed by atoms with Crippen molar-refractivity contribution in [1.82, 2.24) is 9.80 Å². The van der Waals surface area contributed by atoms with Crippen LogP contribution in [0, 0.1) is 6.92 Å². The fourth-order valence-corrected chi connectivity index (χ4v) is 4.19. The summed E-state index contributed by atoms with van der Waals surface area (Å²) in [7, 11) is -1.97. The lowest BCUT2D eigenvalue weighted by Gasteiger charge is -2.29. The summed E-state index contributed by atoms with van der Waals surface area (Å²) in [6.07, 6.45) is 9.88. The van der Waals surface area contributed by atoms with Crippen LogP contribution in [0.25, 0.3) is 0 Å². The molecule has 1 heterocycles. The summed E-state index contributed by atoms with van der Waals surface area (Å²) in [6.45, 7) is 2.71. The molecule has 0 spiro atoms. The first-order valence-corrected chi connectivity index (χ1v) is 11.4. The van der Waals surface area contributed by atoms with E-state index in [2.05, 4.69) is 6.26 Å². The molecule has 1 aliphatic rings. The number of rotatable bonds is 10. The number of aryl methyl sites for hydroxylation is 1. The molecule has 0 amide bonds.